The Morgan fingerprint density at radius 2 is 2.20 bits per heavy atom. The predicted molar refractivity (Wildman–Crippen MR) is 97.2 cm³/mol. The minimum Gasteiger partial charge on any atom is -0.396 e. The predicted octanol–water partition coefficient (Wildman–Crippen LogP) is 1.12. The van der Waals surface area contributed by atoms with Gasteiger partial charge < -0.3 is 19.7 Å². The third-order valence-electron chi connectivity index (χ3n) is 5.07. The second kappa shape index (κ2) is 7.99. The molecule has 1 aliphatic rings. The molecule has 2 N–H and O–H groups in total. The van der Waals surface area contributed by atoms with Crippen LogP contribution in [0.2, 0.25) is 0 Å². The van der Waals surface area contributed by atoms with E-state index in [2.05, 4.69) is 52.3 Å². The topological polar surface area (TPSA) is 66.7 Å². The molecule has 1 saturated heterocycles. The van der Waals surface area contributed by atoms with Crippen molar-refractivity contribution in [2.45, 2.75) is 19.0 Å². The fourth-order valence-electron chi connectivity index (χ4n) is 3.77. The first-order valence-corrected chi connectivity index (χ1v) is 8.76. The molecular weight excluding hydrogens is 318 g/mol. The SMILES string of the molecule is COCC(=O)N[C@@H]1CN(Cc2cn(C)c3ccccc23)CC[C@@H]1CO. The number of aliphatic hydroxyl groups is 1. The number of fused-ring (bicyclic) bond motifs is 1. The fraction of sp³-hybridized carbons (Fsp3) is 0.526. The molecule has 0 saturated carbocycles. The van der Waals surface area contributed by atoms with E-state index in [4.69, 9.17) is 4.74 Å². The van der Waals surface area contributed by atoms with Gasteiger partial charge in [-0.15, -0.1) is 0 Å². The van der Waals surface area contributed by atoms with Crippen molar-refractivity contribution in [3.05, 3.63) is 36.0 Å². The van der Waals surface area contributed by atoms with Crippen molar-refractivity contribution in [1.82, 2.24) is 14.8 Å². The molecule has 1 aromatic heterocycles. The van der Waals surface area contributed by atoms with E-state index >= 15 is 0 Å². The third kappa shape index (κ3) is 4.03. The zero-order valence-corrected chi connectivity index (χ0v) is 14.9. The number of nitrogens with one attached hydrogen (secondary N) is 1. The molecule has 0 spiro atoms. The monoisotopic (exact) mass is 345 g/mol. The average molecular weight is 345 g/mol. The Hall–Kier alpha value is -1.89. The summed E-state index contributed by atoms with van der Waals surface area (Å²) in [5, 5.41) is 13.9. The number of hydrogen-bond acceptors (Lipinski definition) is 4. The van der Waals surface area contributed by atoms with E-state index in [9.17, 15) is 9.90 Å². The minimum atomic E-state index is -0.127. The number of methoxy groups -OCH3 is 1. The standard InChI is InChI=1S/C19H27N3O3/c1-21-9-15(16-5-3-4-6-18(16)21)10-22-8-7-14(12-23)17(11-22)20-19(24)13-25-2/h3-6,9,14,17,23H,7-8,10-13H2,1-2H3,(H,20,24)/t14-,17-/m1/s1. The summed E-state index contributed by atoms with van der Waals surface area (Å²) >= 11 is 0. The van der Waals surface area contributed by atoms with Crippen molar-refractivity contribution in [2.75, 3.05) is 33.4 Å². The van der Waals surface area contributed by atoms with Crippen molar-refractivity contribution in [2.24, 2.45) is 13.0 Å². The molecule has 25 heavy (non-hydrogen) atoms. The highest BCUT2D eigenvalue weighted by Crippen LogP contribution is 2.24. The van der Waals surface area contributed by atoms with Gasteiger partial charge in [-0.05, 0) is 24.6 Å². The lowest BCUT2D eigenvalue weighted by atomic mass is 9.92. The highest BCUT2D eigenvalue weighted by atomic mass is 16.5. The van der Waals surface area contributed by atoms with Gasteiger partial charge in [0.05, 0.1) is 0 Å². The van der Waals surface area contributed by atoms with E-state index in [0.717, 1.165) is 26.1 Å². The average Bonchev–Trinajstić information content (AvgIpc) is 2.92. The van der Waals surface area contributed by atoms with Crippen LogP contribution in [0, 0.1) is 5.92 Å². The molecule has 2 aromatic rings. The molecule has 1 aromatic carbocycles. The molecule has 2 atom stereocenters. The summed E-state index contributed by atoms with van der Waals surface area (Å²) in [5.41, 5.74) is 2.52. The number of benzene rings is 1. The van der Waals surface area contributed by atoms with Crippen LogP contribution in [-0.4, -0.2) is 59.9 Å². The molecule has 0 unspecified atom stereocenters. The zero-order chi connectivity index (χ0) is 17.8. The molecule has 136 valence electrons. The van der Waals surface area contributed by atoms with Crippen LogP contribution >= 0.6 is 0 Å². The van der Waals surface area contributed by atoms with Crippen LogP contribution < -0.4 is 5.32 Å². The maximum Gasteiger partial charge on any atom is 0.246 e. The summed E-state index contributed by atoms with van der Waals surface area (Å²) in [6.45, 7) is 2.66. The van der Waals surface area contributed by atoms with Gasteiger partial charge in [-0.3, -0.25) is 9.69 Å². The van der Waals surface area contributed by atoms with E-state index in [-0.39, 0.29) is 31.1 Å². The molecular formula is C19H27N3O3. The lowest BCUT2D eigenvalue weighted by molar-refractivity contribution is -0.126. The highest BCUT2D eigenvalue weighted by molar-refractivity contribution is 5.83. The van der Waals surface area contributed by atoms with Crippen molar-refractivity contribution in [1.29, 1.82) is 0 Å². The van der Waals surface area contributed by atoms with Crippen LogP contribution in [0.4, 0.5) is 0 Å². The third-order valence-corrected chi connectivity index (χ3v) is 5.07. The number of carbonyl (C=O) groups excluding carboxylic acids is 1. The van der Waals surface area contributed by atoms with Crippen molar-refractivity contribution >= 4 is 16.8 Å². The van der Waals surface area contributed by atoms with Crippen LogP contribution in [0.25, 0.3) is 10.9 Å². The number of piperidine rings is 1. The Morgan fingerprint density at radius 1 is 1.40 bits per heavy atom. The number of amides is 1. The van der Waals surface area contributed by atoms with E-state index in [1.807, 2.05) is 0 Å². The lowest BCUT2D eigenvalue weighted by Crippen LogP contribution is -2.53. The van der Waals surface area contributed by atoms with Crippen molar-refractivity contribution in [3.8, 4) is 0 Å². The summed E-state index contributed by atoms with van der Waals surface area (Å²) in [7, 11) is 3.58. The maximum absolute atomic E-state index is 11.9. The second-order valence-corrected chi connectivity index (χ2v) is 6.86. The molecule has 1 fully saturated rings. The molecule has 0 bridgehead atoms. The number of hydrogen-bond donors (Lipinski definition) is 2. The summed E-state index contributed by atoms with van der Waals surface area (Å²) in [6, 6.07) is 8.36. The van der Waals surface area contributed by atoms with Crippen LogP contribution in [0.1, 0.15) is 12.0 Å². The normalized spacial score (nSPS) is 21.6. The first-order valence-electron chi connectivity index (χ1n) is 8.76. The molecule has 0 aliphatic carbocycles. The Morgan fingerprint density at radius 3 is 2.96 bits per heavy atom. The Kier molecular flexibility index (Phi) is 5.73. The van der Waals surface area contributed by atoms with Crippen LogP contribution in [-0.2, 0) is 23.1 Å². The number of carbonyl (C=O) groups is 1. The van der Waals surface area contributed by atoms with Crippen molar-refractivity contribution < 1.29 is 14.6 Å². The fourth-order valence-corrected chi connectivity index (χ4v) is 3.77. The number of rotatable bonds is 6. The molecule has 1 aliphatic heterocycles. The number of aromatic nitrogens is 1. The molecule has 0 radical (unpaired) electrons. The van der Waals surface area contributed by atoms with Gasteiger partial charge in [-0.1, -0.05) is 18.2 Å². The number of aryl methyl sites for hydroxylation is 1. The largest absolute Gasteiger partial charge is 0.396 e. The number of aliphatic hydroxyl groups excluding tert-OH is 1. The van der Waals surface area contributed by atoms with Gasteiger partial charge in [0.1, 0.15) is 6.61 Å². The first kappa shape index (κ1) is 17.9. The van der Waals surface area contributed by atoms with Gasteiger partial charge in [-0.25, -0.2) is 0 Å². The smallest absolute Gasteiger partial charge is 0.246 e. The van der Waals surface area contributed by atoms with E-state index < -0.39 is 0 Å². The highest BCUT2D eigenvalue weighted by Gasteiger charge is 2.30. The van der Waals surface area contributed by atoms with E-state index in [1.54, 1.807) is 0 Å². The Bertz CT molecular complexity index is 728. The lowest BCUT2D eigenvalue weighted by Gasteiger charge is -2.38. The summed E-state index contributed by atoms with van der Waals surface area (Å²) in [5.74, 6) is -0.0254. The van der Waals surface area contributed by atoms with Gasteiger partial charge in [0, 0.05) is 62.9 Å². The number of para-hydroxylation sites is 1. The zero-order valence-electron chi connectivity index (χ0n) is 14.9. The quantitative estimate of drug-likeness (QED) is 0.823. The van der Waals surface area contributed by atoms with Crippen LogP contribution in [0.15, 0.2) is 30.5 Å². The second-order valence-electron chi connectivity index (χ2n) is 6.86. The van der Waals surface area contributed by atoms with Gasteiger partial charge in [0.15, 0.2) is 0 Å². The summed E-state index contributed by atoms with van der Waals surface area (Å²) in [6.07, 6.45) is 3.06. The summed E-state index contributed by atoms with van der Waals surface area (Å²) < 4.78 is 7.05. The molecule has 2 heterocycles. The van der Waals surface area contributed by atoms with Gasteiger partial charge in [-0.2, -0.15) is 0 Å². The summed E-state index contributed by atoms with van der Waals surface area (Å²) in [4.78, 5) is 14.2. The van der Waals surface area contributed by atoms with E-state index in [1.165, 1.54) is 23.6 Å². The molecule has 3 rings (SSSR count). The van der Waals surface area contributed by atoms with Crippen LogP contribution in [0.3, 0.4) is 0 Å². The van der Waals surface area contributed by atoms with Crippen LogP contribution in [0.5, 0.6) is 0 Å². The first-order chi connectivity index (χ1) is 12.1. The van der Waals surface area contributed by atoms with Gasteiger partial charge in [0.2, 0.25) is 5.91 Å². The maximum atomic E-state index is 11.9. The Labute approximate surface area is 148 Å². The van der Waals surface area contributed by atoms with E-state index in [0.29, 0.717) is 0 Å². The molecule has 1 amide bonds. The number of ether oxygens (including phenoxy) is 1. The van der Waals surface area contributed by atoms with Crippen molar-refractivity contribution in [3.63, 3.8) is 0 Å². The van der Waals surface area contributed by atoms with Gasteiger partial charge in [0.25, 0.3) is 0 Å². The van der Waals surface area contributed by atoms with Gasteiger partial charge >= 0.3 is 0 Å². The number of likely N-dealkylation sites (tertiary alicyclic amines) is 1. The molecule has 6 nitrogen and oxygen atoms in total. The Balaban J connectivity index is 1.71. The number of nitrogens with zero attached hydrogens (tertiary/aromatic N) is 2. The molecule has 6 heteroatoms. The minimum absolute atomic E-state index is 0.0450.